The molecule has 8 nitrogen and oxygen atoms in total. The number of H-pyrrole nitrogens is 1. The number of carboxylic acids is 1. The molecule has 1 saturated heterocycles. The Bertz CT molecular complexity index is 750. The van der Waals surface area contributed by atoms with Crippen LogP contribution in [0.1, 0.15) is 25.8 Å². The number of aliphatic carboxylic acids is 1. The average molecular weight is 324 g/mol. The van der Waals surface area contributed by atoms with E-state index in [9.17, 15) is 9.59 Å². The Morgan fingerprint density at radius 3 is 2.95 bits per heavy atom. The van der Waals surface area contributed by atoms with Crippen molar-refractivity contribution in [2.75, 3.05) is 13.2 Å². The van der Waals surface area contributed by atoms with Crippen LogP contribution in [0.4, 0.5) is 0 Å². The summed E-state index contributed by atoms with van der Waals surface area (Å²) in [7, 11) is 0. The fraction of sp³-hybridized carbons (Fsp3) is 0.538. The summed E-state index contributed by atoms with van der Waals surface area (Å²) in [6.07, 6.45) is 3.14. The van der Waals surface area contributed by atoms with E-state index in [0.717, 1.165) is 24.6 Å². The summed E-state index contributed by atoms with van der Waals surface area (Å²) in [6, 6.07) is 0.148. The van der Waals surface area contributed by atoms with E-state index in [1.54, 1.807) is 11.6 Å². The summed E-state index contributed by atoms with van der Waals surface area (Å²) in [6.45, 7) is 2.87. The van der Waals surface area contributed by atoms with Crippen LogP contribution >= 0.6 is 11.8 Å². The number of aromatic nitrogens is 4. The van der Waals surface area contributed by atoms with Gasteiger partial charge in [-0.3, -0.25) is 9.59 Å². The lowest BCUT2D eigenvalue weighted by Crippen LogP contribution is -2.21. The number of aromatic amines is 1. The van der Waals surface area contributed by atoms with Crippen LogP contribution in [-0.2, 0) is 9.53 Å². The Balaban J connectivity index is 1.99. The normalized spacial score (nSPS) is 17.7. The summed E-state index contributed by atoms with van der Waals surface area (Å²) in [5, 5.41) is 13.3. The van der Waals surface area contributed by atoms with Crippen molar-refractivity contribution in [1.29, 1.82) is 0 Å². The Hall–Kier alpha value is -1.87. The minimum absolute atomic E-state index is 0.148. The summed E-state index contributed by atoms with van der Waals surface area (Å²) in [4.78, 5) is 30.1. The first kappa shape index (κ1) is 15.0. The van der Waals surface area contributed by atoms with Crippen molar-refractivity contribution >= 4 is 28.8 Å². The Morgan fingerprint density at radius 1 is 1.55 bits per heavy atom. The van der Waals surface area contributed by atoms with Gasteiger partial charge < -0.3 is 14.8 Å². The van der Waals surface area contributed by atoms with E-state index in [4.69, 9.17) is 9.84 Å². The molecule has 0 amide bonds. The van der Waals surface area contributed by atoms with Gasteiger partial charge in [-0.05, 0) is 19.8 Å². The van der Waals surface area contributed by atoms with Crippen LogP contribution in [0.2, 0.25) is 0 Å². The molecular weight excluding hydrogens is 308 g/mol. The molecule has 3 heterocycles. The number of fused-ring (bicyclic) bond motifs is 1. The standard InChI is InChI=1S/C13H16N4O4S/c1-7(12(19)20)22-13-15-10-9(11(18)16-13)6-14-17(10)8-2-4-21-5-3-8/h6-8H,2-5H2,1H3,(H,19,20)(H,15,16,18). The largest absolute Gasteiger partial charge is 0.480 e. The van der Waals surface area contributed by atoms with E-state index in [1.807, 2.05) is 0 Å². The van der Waals surface area contributed by atoms with Crippen molar-refractivity contribution in [3.05, 3.63) is 16.6 Å². The van der Waals surface area contributed by atoms with Gasteiger partial charge in [0.1, 0.15) is 10.6 Å². The highest BCUT2D eigenvalue weighted by Gasteiger charge is 2.21. The first-order chi connectivity index (χ1) is 10.6. The van der Waals surface area contributed by atoms with Crippen molar-refractivity contribution in [1.82, 2.24) is 19.7 Å². The van der Waals surface area contributed by atoms with Gasteiger partial charge in [0.25, 0.3) is 5.56 Å². The minimum atomic E-state index is -0.953. The number of thioether (sulfide) groups is 1. The molecule has 118 valence electrons. The van der Waals surface area contributed by atoms with E-state index in [2.05, 4.69) is 15.1 Å². The maximum atomic E-state index is 12.1. The number of hydrogen-bond acceptors (Lipinski definition) is 6. The smallest absolute Gasteiger partial charge is 0.316 e. The van der Waals surface area contributed by atoms with Gasteiger partial charge in [-0.15, -0.1) is 0 Å². The number of rotatable bonds is 4. The molecule has 0 saturated carbocycles. The summed E-state index contributed by atoms with van der Waals surface area (Å²) < 4.78 is 7.09. The molecule has 0 bridgehead atoms. The predicted octanol–water partition coefficient (Wildman–Crippen LogP) is 1.04. The quantitative estimate of drug-likeness (QED) is 0.638. The molecule has 0 spiro atoms. The SMILES string of the molecule is CC(Sc1nc2c(cnn2C2CCOCC2)c(=O)[nH]1)C(=O)O. The van der Waals surface area contributed by atoms with Gasteiger partial charge in [-0.2, -0.15) is 5.10 Å². The van der Waals surface area contributed by atoms with E-state index in [0.29, 0.717) is 29.4 Å². The second-order valence-electron chi connectivity index (χ2n) is 5.14. The van der Waals surface area contributed by atoms with Gasteiger partial charge in [-0.25, -0.2) is 9.67 Å². The lowest BCUT2D eigenvalue weighted by Gasteiger charge is -2.22. The molecule has 1 aliphatic heterocycles. The van der Waals surface area contributed by atoms with Gasteiger partial charge in [0.15, 0.2) is 10.8 Å². The predicted molar refractivity (Wildman–Crippen MR) is 80.2 cm³/mol. The van der Waals surface area contributed by atoms with Gasteiger partial charge in [0.2, 0.25) is 0 Å². The average Bonchev–Trinajstić information content (AvgIpc) is 2.92. The number of carbonyl (C=O) groups is 1. The van der Waals surface area contributed by atoms with Crippen LogP contribution in [-0.4, -0.2) is 49.3 Å². The maximum Gasteiger partial charge on any atom is 0.316 e. The van der Waals surface area contributed by atoms with Crippen LogP contribution in [0.25, 0.3) is 11.0 Å². The summed E-state index contributed by atoms with van der Waals surface area (Å²) in [5.41, 5.74) is 0.194. The fourth-order valence-corrected chi connectivity index (χ4v) is 3.11. The first-order valence-electron chi connectivity index (χ1n) is 7.01. The molecule has 0 aliphatic carbocycles. The van der Waals surface area contributed by atoms with Gasteiger partial charge in [0.05, 0.1) is 12.2 Å². The first-order valence-corrected chi connectivity index (χ1v) is 7.89. The van der Waals surface area contributed by atoms with Crippen LogP contribution < -0.4 is 5.56 Å². The van der Waals surface area contributed by atoms with Gasteiger partial charge >= 0.3 is 5.97 Å². The zero-order valence-electron chi connectivity index (χ0n) is 12.0. The second kappa shape index (κ2) is 6.09. The van der Waals surface area contributed by atoms with E-state index in [1.165, 1.54) is 6.20 Å². The van der Waals surface area contributed by atoms with Crippen molar-refractivity contribution in [2.24, 2.45) is 0 Å². The van der Waals surface area contributed by atoms with Crippen LogP contribution in [0.15, 0.2) is 16.1 Å². The zero-order valence-corrected chi connectivity index (χ0v) is 12.8. The lowest BCUT2D eigenvalue weighted by atomic mass is 10.1. The lowest BCUT2D eigenvalue weighted by molar-refractivity contribution is -0.136. The highest BCUT2D eigenvalue weighted by atomic mass is 32.2. The minimum Gasteiger partial charge on any atom is -0.480 e. The monoisotopic (exact) mass is 324 g/mol. The molecule has 2 aromatic heterocycles. The summed E-state index contributed by atoms with van der Waals surface area (Å²) in [5.74, 6) is -0.953. The molecule has 0 aromatic carbocycles. The third kappa shape index (κ3) is 2.86. The van der Waals surface area contributed by atoms with Crippen molar-refractivity contribution in [3.63, 3.8) is 0 Å². The van der Waals surface area contributed by atoms with E-state index < -0.39 is 11.2 Å². The maximum absolute atomic E-state index is 12.1. The van der Waals surface area contributed by atoms with Crippen molar-refractivity contribution in [2.45, 2.75) is 36.2 Å². The molecule has 1 aliphatic rings. The highest BCUT2D eigenvalue weighted by molar-refractivity contribution is 8.00. The third-order valence-corrected chi connectivity index (χ3v) is 4.59. The van der Waals surface area contributed by atoms with Crippen LogP contribution in [0.5, 0.6) is 0 Å². The number of nitrogens with zero attached hydrogens (tertiary/aromatic N) is 3. The Morgan fingerprint density at radius 2 is 2.27 bits per heavy atom. The number of hydrogen-bond donors (Lipinski definition) is 2. The number of carboxylic acid groups (broad SMARTS) is 1. The Kier molecular flexibility index (Phi) is 4.16. The zero-order chi connectivity index (χ0) is 15.7. The summed E-state index contributed by atoms with van der Waals surface area (Å²) >= 11 is 1.01. The molecule has 1 fully saturated rings. The molecule has 2 aromatic rings. The molecule has 1 unspecified atom stereocenters. The van der Waals surface area contributed by atoms with Crippen LogP contribution in [0, 0.1) is 0 Å². The van der Waals surface area contributed by atoms with Crippen molar-refractivity contribution < 1.29 is 14.6 Å². The number of ether oxygens (including phenoxy) is 1. The van der Waals surface area contributed by atoms with E-state index in [-0.39, 0.29) is 11.6 Å². The fourth-order valence-electron chi connectivity index (χ4n) is 2.39. The topological polar surface area (TPSA) is 110 Å². The van der Waals surface area contributed by atoms with Gasteiger partial charge in [-0.1, -0.05) is 11.8 Å². The second-order valence-corrected chi connectivity index (χ2v) is 6.47. The molecule has 1 atom stereocenters. The van der Waals surface area contributed by atoms with E-state index >= 15 is 0 Å². The molecule has 0 radical (unpaired) electrons. The molecular formula is C13H16N4O4S. The number of nitrogens with one attached hydrogen (secondary N) is 1. The molecule has 2 N–H and O–H groups in total. The van der Waals surface area contributed by atoms with Crippen molar-refractivity contribution in [3.8, 4) is 0 Å². The Labute approximate surface area is 129 Å². The molecule has 3 rings (SSSR count). The van der Waals surface area contributed by atoms with Gasteiger partial charge in [0, 0.05) is 13.2 Å². The van der Waals surface area contributed by atoms with Crippen LogP contribution in [0.3, 0.4) is 0 Å². The molecule has 22 heavy (non-hydrogen) atoms. The third-order valence-electron chi connectivity index (χ3n) is 3.61. The molecule has 9 heteroatoms. The highest BCUT2D eigenvalue weighted by Crippen LogP contribution is 2.25.